The van der Waals surface area contributed by atoms with Gasteiger partial charge in [-0.1, -0.05) is 12.8 Å². The Hall–Kier alpha value is -4.04. The highest BCUT2D eigenvalue weighted by Gasteiger charge is 2.23. The number of aromatic nitrogens is 5. The lowest BCUT2D eigenvalue weighted by Crippen LogP contribution is -2.43. The Morgan fingerprint density at radius 1 is 1.19 bits per heavy atom. The van der Waals surface area contributed by atoms with Gasteiger partial charge in [0.1, 0.15) is 11.4 Å². The third-order valence-corrected chi connectivity index (χ3v) is 5.13. The van der Waals surface area contributed by atoms with Crippen LogP contribution in [0.3, 0.4) is 0 Å². The van der Waals surface area contributed by atoms with Crippen molar-refractivity contribution in [3.8, 4) is 5.69 Å². The number of hydrogen-bond donors (Lipinski definition) is 4. The van der Waals surface area contributed by atoms with E-state index in [0.29, 0.717) is 23.0 Å². The van der Waals surface area contributed by atoms with Gasteiger partial charge in [0.05, 0.1) is 24.7 Å². The number of primary amides is 1. The number of nitrogens with one attached hydrogen (secondary N) is 2. The van der Waals surface area contributed by atoms with Crippen LogP contribution in [0.15, 0.2) is 36.8 Å². The number of amides is 1. The van der Waals surface area contributed by atoms with E-state index in [1.54, 1.807) is 30.6 Å². The van der Waals surface area contributed by atoms with Crippen molar-refractivity contribution in [1.82, 2.24) is 25.0 Å². The number of nitrogens with two attached hydrogens (primary N) is 2. The Kier molecular flexibility index (Phi) is 5.72. The highest BCUT2D eigenvalue weighted by Crippen LogP contribution is 2.27. The summed E-state index contributed by atoms with van der Waals surface area (Å²) >= 11 is 0. The summed E-state index contributed by atoms with van der Waals surface area (Å²) in [6.07, 6.45) is 8.53. The van der Waals surface area contributed by atoms with Crippen LogP contribution < -0.4 is 22.1 Å². The Balaban J connectivity index is 1.66. The zero-order chi connectivity index (χ0) is 21.8. The molecule has 0 unspecified atom stereocenters. The summed E-state index contributed by atoms with van der Waals surface area (Å²) in [6, 6.07) is 5.11. The fourth-order valence-electron chi connectivity index (χ4n) is 3.56. The minimum absolute atomic E-state index is 0.0176. The normalized spacial score (nSPS) is 18.2. The number of hydrogen-bond acceptors (Lipinski definition) is 8. The van der Waals surface area contributed by atoms with E-state index in [1.807, 2.05) is 0 Å². The van der Waals surface area contributed by atoms with Crippen molar-refractivity contribution in [2.24, 2.45) is 11.5 Å². The average molecular weight is 418 g/mol. The number of carbonyl (C=O) groups is 1. The third-order valence-electron chi connectivity index (χ3n) is 5.13. The number of benzene rings is 1. The Morgan fingerprint density at radius 2 is 1.97 bits per heavy atom. The summed E-state index contributed by atoms with van der Waals surface area (Å²) in [7, 11) is 0. The lowest BCUT2D eigenvalue weighted by molar-refractivity contribution is 0.100. The van der Waals surface area contributed by atoms with Gasteiger partial charge in [-0.25, -0.2) is 9.83 Å². The van der Waals surface area contributed by atoms with E-state index in [1.165, 1.54) is 11.0 Å². The largest absolute Gasteiger partial charge is 0.365 e. The number of anilines is 3. The van der Waals surface area contributed by atoms with Crippen LogP contribution in [0.4, 0.5) is 23.1 Å². The van der Waals surface area contributed by atoms with Crippen LogP contribution in [0.5, 0.6) is 0 Å². The van der Waals surface area contributed by atoms with Crippen molar-refractivity contribution in [1.29, 1.82) is 0 Å². The average Bonchev–Trinajstić information content (AvgIpc) is 3.30. The molecule has 4 rings (SSSR count). The van der Waals surface area contributed by atoms with Crippen LogP contribution in [0.1, 0.15) is 36.0 Å². The second kappa shape index (κ2) is 8.76. The molecule has 2 aromatic heterocycles. The van der Waals surface area contributed by atoms with Gasteiger partial charge in [0.15, 0.2) is 5.69 Å². The van der Waals surface area contributed by atoms with Crippen molar-refractivity contribution in [3.63, 3.8) is 0 Å². The molecule has 1 saturated carbocycles. The molecule has 1 aliphatic carbocycles. The maximum atomic E-state index is 11.9. The maximum absolute atomic E-state index is 11.9. The fourth-order valence-corrected chi connectivity index (χ4v) is 3.56. The summed E-state index contributed by atoms with van der Waals surface area (Å²) in [5.41, 5.74) is 13.3. The van der Waals surface area contributed by atoms with Gasteiger partial charge < -0.3 is 22.1 Å². The van der Waals surface area contributed by atoms with Gasteiger partial charge in [0.2, 0.25) is 5.95 Å². The highest BCUT2D eigenvalue weighted by molar-refractivity contribution is 5.98. The molecule has 31 heavy (non-hydrogen) atoms. The lowest BCUT2D eigenvalue weighted by Gasteiger charge is -2.29. The third kappa shape index (κ3) is 4.59. The monoisotopic (exact) mass is 418 g/mol. The van der Waals surface area contributed by atoms with Gasteiger partial charge in [0, 0.05) is 24.0 Å². The van der Waals surface area contributed by atoms with E-state index in [9.17, 15) is 4.79 Å². The molecule has 6 N–H and O–H groups in total. The molecule has 1 aromatic carbocycles. The molecule has 3 aromatic rings. The number of rotatable bonds is 6. The summed E-state index contributed by atoms with van der Waals surface area (Å²) in [5.74, 6) is -0.0836. The molecule has 11 heteroatoms. The van der Waals surface area contributed by atoms with Crippen LogP contribution in [0.25, 0.3) is 10.5 Å². The highest BCUT2D eigenvalue weighted by atomic mass is 16.1. The van der Waals surface area contributed by atoms with Crippen molar-refractivity contribution in [3.05, 3.63) is 53.8 Å². The minimum atomic E-state index is -0.668. The molecule has 1 amide bonds. The zero-order valence-corrected chi connectivity index (χ0v) is 16.7. The van der Waals surface area contributed by atoms with Crippen molar-refractivity contribution in [2.45, 2.75) is 37.8 Å². The van der Waals surface area contributed by atoms with Crippen LogP contribution >= 0.6 is 0 Å². The lowest BCUT2D eigenvalue weighted by atomic mass is 9.91. The molecule has 1 aliphatic rings. The minimum Gasteiger partial charge on any atom is -0.365 e. The van der Waals surface area contributed by atoms with Crippen LogP contribution in [-0.4, -0.2) is 43.0 Å². The number of carbonyl (C=O) groups excluding carboxylic acids is 1. The molecule has 2 heterocycles. The summed E-state index contributed by atoms with van der Waals surface area (Å²) in [5, 5.41) is 14.5. The van der Waals surface area contributed by atoms with Gasteiger partial charge in [-0.05, 0) is 31.0 Å². The molecule has 0 aliphatic heterocycles. The molecule has 0 bridgehead atoms. The van der Waals surface area contributed by atoms with E-state index in [4.69, 9.17) is 18.0 Å². The van der Waals surface area contributed by atoms with E-state index in [2.05, 4.69) is 35.6 Å². The number of nitrogens with zero attached hydrogens (tertiary/aromatic N) is 6. The zero-order valence-electron chi connectivity index (χ0n) is 16.7. The predicted octanol–water partition coefficient (Wildman–Crippen LogP) is 2.13. The van der Waals surface area contributed by atoms with Crippen LogP contribution in [-0.2, 0) is 0 Å². The Labute approximate surface area is 178 Å². The van der Waals surface area contributed by atoms with Gasteiger partial charge in [0.25, 0.3) is 5.91 Å². The smallest absolute Gasteiger partial charge is 0.254 e. The second-order valence-corrected chi connectivity index (χ2v) is 7.31. The molecular formula is C20H22N10O. The first kappa shape index (κ1) is 20.2. The van der Waals surface area contributed by atoms with Gasteiger partial charge >= 0.3 is 0 Å². The van der Waals surface area contributed by atoms with E-state index < -0.39 is 5.91 Å². The fraction of sp³-hybridized carbons (Fsp3) is 0.300. The Bertz CT molecular complexity index is 1120. The molecular weight excluding hydrogens is 396 g/mol. The van der Waals surface area contributed by atoms with E-state index in [-0.39, 0.29) is 23.5 Å². The van der Waals surface area contributed by atoms with Crippen molar-refractivity contribution in [2.75, 3.05) is 10.6 Å². The SMILES string of the molecule is [C-]#[N+]c1cc(Nc2nc(N[C@@H]3CCCC[C@@H]3N)ncc2C(N)=O)cc(-n2nccn2)c1. The van der Waals surface area contributed by atoms with Gasteiger partial charge in [-0.2, -0.15) is 20.0 Å². The predicted molar refractivity (Wildman–Crippen MR) is 115 cm³/mol. The molecule has 0 saturated heterocycles. The molecule has 1 fully saturated rings. The first-order valence-electron chi connectivity index (χ1n) is 9.88. The van der Waals surface area contributed by atoms with Crippen LogP contribution in [0, 0.1) is 6.57 Å². The summed E-state index contributed by atoms with van der Waals surface area (Å²) < 4.78 is 0. The molecule has 11 nitrogen and oxygen atoms in total. The topological polar surface area (TPSA) is 154 Å². The standard InChI is InChI=1S/C20H22N10O/c1-23-12-8-13(10-14(9-12)30-25-6-7-26-30)27-19-15(18(22)31)11-24-20(29-19)28-17-5-3-2-4-16(17)21/h6-11,16-17H,2-5,21H2,(H2,22,31)(H2,24,27,28,29)/t16-,17+/m0/s1. The quantitative estimate of drug-likeness (QED) is 0.444. The van der Waals surface area contributed by atoms with Crippen molar-refractivity contribution >= 4 is 29.0 Å². The molecule has 0 radical (unpaired) electrons. The maximum Gasteiger partial charge on any atom is 0.254 e. The van der Waals surface area contributed by atoms with Crippen molar-refractivity contribution < 1.29 is 4.79 Å². The first-order valence-corrected chi connectivity index (χ1v) is 9.88. The summed E-state index contributed by atoms with van der Waals surface area (Å²) in [6.45, 7) is 7.37. The molecule has 2 atom stereocenters. The van der Waals surface area contributed by atoms with Gasteiger partial charge in [-0.15, -0.1) is 0 Å². The second-order valence-electron chi connectivity index (χ2n) is 7.31. The van der Waals surface area contributed by atoms with E-state index >= 15 is 0 Å². The first-order chi connectivity index (χ1) is 15.0. The Morgan fingerprint density at radius 3 is 2.68 bits per heavy atom. The molecule has 0 spiro atoms. The van der Waals surface area contributed by atoms with E-state index in [0.717, 1.165) is 25.7 Å². The summed E-state index contributed by atoms with van der Waals surface area (Å²) in [4.78, 5) is 25.5. The molecule has 158 valence electrons. The van der Waals surface area contributed by atoms with Gasteiger partial charge in [-0.3, -0.25) is 4.79 Å². The van der Waals surface area contributed by atoms with Crippen LogP contribution in [0.2, 0.25) is 0 Å².